The summed E-state index contributed by atoms with van der Waals surface area (Å²) in [7, 11) is 0. The maximum atomic E-state index is 13.3. The van der Waals surface area contributed by atoms with Gasteiger partial charge in [0.15, 0.2) is 0 Å². The number of halogens is 1. The second-order valence-electron chi connectivity index (χ2n) is 3.27. The van der Waals surface area contributed by atoms with Gasteiger partial charge in [-0.15, -0.1) is 0 Å². The molecule has 0 saturated carbocycles. The number of benzene rings is 1. The first-order valence-corrected chi connectivity index (χ1v) is 4.50. The lowest BCUT2D eigenvalue weighted by atomic mass is 10.1. The van der Waals surface area contributed by atoms with Crippen molar-refractivity contribution < 1.29 is 19.1 Å². The van der Waals surface area contributed by atoms with Crippen LogP contribution in [0.2, 0.25) is 0 Å². The number of amides is 1. The van der Waals surface area contributed by atoms with E-state index in [-0.39, 0.29) is 11.3 Å². The summed E-state index contributed by atoms with van der Waals surface area (Å²) in [6.07, 6.45) is 0. The standard InChI is InChI=1S/C10H11FN2O3/c1-5(10(15)16)13-9(14)7-3-2-6(12)4-8(7)11/h2-5H,12H2,1H3,(H,13,14)(H,15,16)/t5-/m0/s1/i11-1. The summed E-state index contributed by atoms with van der Waals surface area (Å²) in [6.45, 7) is 1.29. The molecule has 1 atom stereocenters. The minimum absolute atomic E-state index is 0.195. The molecule has 4 N–H and O–H groups in total. The predicted molar refractivity (Wildman–Crippen MR) is 55.4 cm³/mol. The van der Waals surface area contributed by atoms with Crippen LogP contribution in [0.15, 0.2) is 18.2 Å². The number of rotatable bonds is 3. The minimum Gasteiger partial charge on any atom is -0.480 e. The monoisotopic (exact) mass is 225 g/mol. The molecule has 86 valence electrons. The number of nitrogen functional groups attached to an aromatic ring is 1. The Bertz CT molecular complexity index is 434. The summed E-state index contributed by atoms with van der Waals surface area (Å²) in [5, 5.41) is 10.7. The van der Waals surface area contributed by atoms with Gasteiger partial charge in [-0.1, -0.05) is 0 Å². The highest BCUT2D eigenvalue weighted by Crippen LogP contribution is 2.11. The molecule has 5 nitrogen and oxygen atoms in total. The van der Waals surface area contributed by atoms with Gasteiger partial charge in [-0.3, -0.25) is 9.59 Å². The van der Waals surface area contributed by atoms with Crippen LogP contribution in [0, 0.1) is 5.82 Å². The number of carbonyl (C=O) groups excluding carboxylic acids is 1. The molecule has 0 aliphatic rings. The molecule has 1 amide bonds. The van der Waals surface area contributed by atoms with Crippen LogP contribution in [-0.2, 0) is 4.79 Å². The number of nitrogens with one attached hydrogen (secondary N) is 1. The Morgan fingerprint density at radius 1 is 1.50 bits per heavy atom. The topological polar surface area (TPSA) is 92.4 Å². The second-order valence-corrected chi connectivity index (χ2v) is 3.27. The van der Waals surface area contributed by atoms with Gasteiger partial charge in [0.05, 0.1) is 5.56 Å². The molecule has 0 aliphatic heterocycles. The van der Waals surface area contributed by atoms with Gasteiger partial charge in [-0.05, 0) is 25.1 Å². The molecule has 1 aromatic rings. The summed E-state index contributed by atoms with van der Waals surface area (Å²) in [5.74, 6) is -2.76. The van der Waals surface area contributed by atoms with E-state index in [0.29, 0.717) is 0 Å². The van der Waals surface area contributed by atoms with E-state index in [1.807, 2.05) is 0 Å². The summed E-state index contributed by atoms with van der Waals surface area (Å²) in [5.41, 5.74) is 5.27. The number of carboxylic acid groups (broad SMARTS) is 1. The Morgan fingerprint density at radius 3 is 2.62 bits per heavy atom. The first kappa shape index (κ1) is 12.0. The van der Waals surface area contributed by atoms with Crippen molar-refractivity contribution in [2.24, 2.45) is 0 Å². The van der Waals surface area contributed by atoms with Crippen LogP contribution in [0.5, 0.6) is 0 Å². The quantitative estimate of drug-likeness (QED) is 0.657. The zero-order valence-corrected chi connectivity index (χ0v) is 8.53. The summed E-state index contributed by atoms with van der Waals surface area (Å²) in [6, 6.07) is 2.49. The zero-order valence-electron chi connectivity index (χ0n) is 8.53. The normalized spacial score (nSPS) is 11.9. The highest BCUT2D eigenvalue weighted by atomic mass is 18.2. The van der Waals surface area contributed by atoms with Gasteiger partial charge < -0.3 is 16.2 Å². The number of aliphatic carboxylic acids is 1. The molecule has 1 aromatic carbocycles. The van der Waals surface area contributed by atoms with Gasteiger partial charge in [0, 0.05) is 5.69 Å². The predicted octanol–water partition coefficient (Wildman–Crippen LogP) is 0.611. The zero-order chi connectivity index (χ0) is 12.3. The van der Waals surface area contributed by atoms with E-state index in [2.05, 4.69) is 5.32 Å². The SMILES string of the molecule is C[C@H](NC(=O)c1ccc(N)cc1[18F])C(=O)O. The van der Waals surface area contributed by atoms with E-state index < -0.39 is 23.7 Å². The van der Waals surface area contributed by atoms with Crippen molar-refractivity contribution in [3.05, 3.63) is 29.6 Å². The first-order chi connectivity index (χ1) is 7.41. The minimum atomic E-state index is -1.19. The second kappa shape index (κ2) is 4.61. The maximum Gasteiger partial charge on any atom is 0.325 e. The number of anilines is 1. The number of hydrogen-bond donors (Lipinski definition) is 3. The molecular formula is C10H11FN2O3. The fraction of sp³-hybridized carbons (Fsp3) is 0.200. The smallest absolute Gasteiger partial charge is 0.325 e. The van der Waals surface area contributed by atoms with Crippen molar-refractivity contribution in [3.8, 4) is 0 Å². The Hall–Kier alpha value is -2.11. The molecule has 0 aromatic heterocycles. The van der Waals surface area contributed by atoms with Crippen molar-refractivity contribution in [1.82, 2.24) is 5.32 Å². The van der Waals surface area contributed by atoms with Crippen LogP contribution < -0.4 is 11.1 Å². The van der Waals surface area contributed by atoms with Crippen molar-refractivity contribution in [2.45, 2.75) is 13.0 Å². The van der Waals surface area contributed by atoms with Crippen LogP contribution in [0.25, 0.3) is 0 Å². The molecule has 6 heteroatoms. The number of carbonyl (C=O) groups is 2. The highest BCUT2D eigenvalue weighted by Gasteiger charge is 2.17. The molecule has 0 bridgehead atoms. The lowest BCUT2D eigenvalue weighted by molar-refractivity contribution is -0.138. The van der Waals surface area contributed by atoms with Gasteiger partial charge >= 0.3 is 5.97 Å². The van der Waals surface area contributed by atoms with Crippen molar-refractivity contribution in [3.63, 3.8) is 0 Å². The molecule has 0 unspecified atom stereocenters. The lowest BCUT2D eigenvalue weighted by Gasteiger charge is -2.09. The summed E-state index contributed by atoms with van der Waals surface area (Å²) >= 11 is 0. The molecule has 0 fully saturated rings. The van der Waals surface area contributed by atoms with Crippen molar-refractivity contribution in [2.75, 3.05) is 5.73 Å². The van der Waals surface area contributed by atoms with Crippen molar-refractivity contribution in [1.29, 1.82) is 0 Å². The third-order valence-electron chi connectivity index (χ3n) is 1.96. The number of carboxylic acids is 1. The third kappa shape index (κ3) is 2.69. The Morgan fingerprint density at radius 2 is 2.12 bits per heavy atom. The third-order valence-corrected chi connectivity index (χ3v) is 1.96. The number of nitrogens with two attached hydrogens (primary N) is 1. The van der Waals surface area contributed by atoms with E-state index in [0.717, 1.165) is 6.07 Å². The lowest BCUT2D eigenvalue weighted by Crippen LogP contribution is -2.38. The average molecular weight is 225 g/mol. The fourth-order valence-electron chi connectivity index (χ4n) is 1.05. The summed E-state index contributed by atoms with van der Waals surface area (Å²) in [4.78, 5) is 21.9. The van der Waals surface area contributed by atoms with Gasteiger partial charge in [-0.25, -0.2) is 4.39 Å². The van der Waals surface area contributed by atoms with E-state index in [1.54, 1.807) is 0 Å². The molecule has 0 spiro atoms. The molecular weight excluding hydrogens is 214 g/mol. The van der Waals surface area contributed by atoms with E-state index in [1.165, 1.54) is 19.1 Å². The van der Waals surface area contributed by atoms with Crippen LogP contribution >= 0.6 is 0 Å². The summed E-state index contributed by atoms with van der Waals surface area (Å²) < 4.78 is 13.3. The van der Waals surface area contributed by atoms with E-state index >= 15 is 0 Å². The van der Waals surface area contributed by atoms with Crippen molar-refractivity contribution >= 4 is 17.6 Å². The maximum absolute atomic E-state index is 13.3. The van der Waals surface area contributed by atoms with Gasteiger partial charge in [0.1, 0.15) is 11.9 Å². The average Bonchev–Trinajstić information content (AvgIpc) is 2.16. The van der Waals surface area contributed by atoms with Gasteiger partial charge in [0.2, 0.25) is 0 Å². The Kier molecular flexibility index (Phi) is 3.44. The molecule has 0 radical (unpaired) electrons. The fourth-order valence-corrected chi connectivity index (χ4v) is 1.05. The largest absolute Gasteiger partial charge is 0.480 e. The van der Waals surface area contributed by atoms with Gasteiger partial charge in [-0.2, -0.15) is 0 Å². The van der Waals surface area contributed by atoms with E-state index in [9.17, 15) is 14.0 Å². The molecule has 16 heavy (non-hydrogen) atoms. The van der Waals surface area contributed by atoms with Crippen LogP contribution in [0.4, 0.5) is 10.1 Å². The first-order valence-electron chi connectivity index (χ1n) is 4.50. The molecule has 0 heterocycles. The van der Waals surface area contributed by atoms with E-state index in [4.69, 9.17) is 10.8 Å². The molecule has 1 rings (SSSR count). The molecule has 0 saturated heterocycles. The van der Waals surface area contributed by atoms with Crippen LogP contribution in [0.3, 0.4) is 0 Å². The van der Waals surface area contributed by atoms with Crippen LogP contribution in [-0.4, -0.2) is 23.0 Å². The Labute approximate surface area is 91.1 Å². The van der Waals surface area contributed by atoms with Crippen LogP contribution in [0.1, 0.15) is 17.3 Å². The number of hydrogen-bond acceptors (Lipinski definition) is 3. The van der Waals surface area contributed by atoms with Gasteiger partial charge in [0.25, 0.3) is 5.91 Å². The highest BCUT2D eigenvalue weighted by molar-refractivity contribution is 5.96. The Balaban J connectivity index is 2.85. The molecule has 0 aliphatic carbocycles.